The molecular formula is C16H34O2S2. The lowest BCUT2D eigenvalue weighted by atomic mass is 10.1. The van der Waals surface area contributed by atoms with Crippen LogP contribution in [-0.2, 0) is 24.1 Å². The zero-order valence-corrected chi connectivity index (χ0v) is 15.3. The lowest BCUT2D eigenvalue weighted by Crippen LogP contribution is -2.17. The highest BCUT2D eigenvalue weighted by molar-refractivity contribution is 8.30. The molecule has 4 heteroatoms. The van der Waals surface area contributed by atoms with E-state index in [1.807, 2.05) is 6.92 Å². The molecule has 122 valence electrons. The third-order valence-corrected chi connectivity index (χ3v) is 5.67. The van der Waals surface area contributed by atoms with Crippen LogP contribution in [0.3, 0.4) is 0 Å². The minimum absolute atomic E-state index is 0.0388. The average Bonchev–Trinajstić information content (AvgIpc) is 2.38. The molecule has 0 aromatic rings. The van der Waals surface area contributed by atoms with Gasteiger partial charge in [0.15, 0.2) is 0 Å². The van der Waals surface area contributed by atoms with Gasteiger partial charge in [0, 0.05) is 11.2 Å². The summed E-state index contributed by atoms with van der Waals surface area (Å²) in [5.74, 6) is 0.549. The molecule has 0 spiro atoms. The minimum atomic E-state index is -2.48. The summed E-state index contributed by atoms with van der Waals surface area (Å²) < 4.78 is 17.8. The van der Waals surface area contributed by atoms with Crippen LogP contribution in [-0.4, -0.2) is 16.1 Å². The van der Waals surface area contributed by atoms with Crippen LogP contribution >= 0.6 is 0 Å². The highest BCUT2D eigenvalue weighted by atomic mass is 32.8. The number of hydrogen-bond donors (Lipinski definition) is 0. The van der Waals surface area contributed by atoms with Gasteiger partial charge in [-0.05, 0) is 19.8 Å². The molecule has 20 heavy (non-hydrogen) atoms. The van der Waals surface area contributed by atoms with Gasteiger partial charge in [-0.25, -0.2) is 4.21 Å². The largest absolute Gasteiger partial charge is 0.287 e. The van der Waals surface area contributed by atoms with Crippen molar-refractivity contribution in [3.63, 3.8) is 0 Å². The van der Waals surface area contributed by atoms with E-state index in [1.54, 1.807) is 0 Å². The van der Waals surface area contributed by atoms with Gasteiger partial charge in [-0.3, -0.25) is 4.18 Å². The van der Waals surface area contributed by atoms with Crippen LogP contribution in [0.15, 0.2) is 0 Å². The van der Waals surface area contributed by atoms with E-state index in [-0.39, 0.29) is 6.10 Å². The first-order valence-electron chi connectivity index (χ1n) is 8.42. The second kappa shape index (κ2) is 13.0. The van der Waals surface area contributed by atoms with Crippen molar-refractivity contribution in [2.75, 3.05) is 5.75 Å². The van der Waals surface area contributed by atoms with Gasteiger partial charge in [-0.2, -0.15) is 0 Å². The second-order valence-corrected chi connectivity index (χ2v) is 9.03. The summed E-state index contributed by atoms with van der Waals surface area (Å²) in [5, 5.41) is 0. The van der Waals surface area contributed by atoms with Crippen molar-refractivity contribution < 1.29 is 8.39 Å². The highest BCUT2D eigenvalue weighted by Crippen LogP contribution is 2.13. The van der Waals surface area contributed by atoms with E-state index in [1.165, 1.54) is 44.9 Å². The average molecular weight is 323 g/mol. The molecule has 2 atom stereocenters. The Morgan fingerprint density at radius 2 is 1.40 bits per heavy atom. The normalized spacial score (nSPS) is 15.9. The zero-order valence-electron chi connectivity index (χ0n) is 13.7. The molecule has 0 fully saturated rings. The smallest absolute Gasteiger partial charge is 0.144 e. The molecular weight excluding hydrogens is 288 g/mol. The summed E-state index contributed by atoms with van der Waals surface area (Å²) in [6.45, 7) is 6.42. The maximum absolute atomic E-state index is 12.2. The van der Waals surface area contributed by atoms with Gasteiger partial charge in [0.2, 0.25) is 0 Å². The molecule has 0 rings (SSSR count). The molecule has 0 aromatic heterocycles. The molecule has 0 aromatic carbocycles. The maximum atomic E-state index is 12.2. The summed E-state index contributed by atoms with van der Waals surface area (Å²) >= 11 is 5.13. The van der Waals surface area contributed by atoms with E-state index < -0.39 is 8.77 Å². The molecule has 0 bridgehead atoms. The third kappa shape index (κ3) is 13.3. The van der Waals surface area contributed by atoms with Crippen molar-refractivity contribution in [2.45, 2.75) is 97.5 Å². The summed E-state index contributed by atoms with van der Waals surface area (Å²) in [6, 6.07) is 0. The van der Waals surface area contributed by atoms with Gasteiger partial charge in [-0.15, -0.1) is 0 Å². The van der Waals surface area contributed by atoms with Crippen LogP contribution in [0.25, 0.3) is 0 Å². The maximum Gasteiger partial charge on any atom is 0.144 e. The first kappa shape index (κ1) is 20.3. The van der Waals surface area contributed by atoms with Gasteiger partial charge in [0.05, 0.1) is 11.9 Å². The summed E-state index contributed by atoms with van der Waals surface area (Å²) in [4.78, 5) is 0. The molecule has 1 unspecified atom stereocenters. The lowest BCUT2D eigenvalue weighted by molar-refractivity contribution is 0.229. The van der Waals surface area contributed by atoms with Gasteiger partial charge in [-0.1, -0.05) is 71.6 Å². The fourth-order valence-electron chi connectivity index (χ4n) is 2.26. The number of unbranched alkanes of at least 4 members (excludes halogenated alkanes) is 8. The number of hydrogen-bond acceptors (Lipinski definition) is 3. The molecule has 2 nitrogen and oxygen atoms in total. The first-order valence-corrected chi connectivity index (χ1v) is 11.0. The SMILES string of the molecule is CCCCCCCCS(=O)(=S)O[C@@H](C)CCCCCC. The van der Waals surface area contributed by atoms with Gasteiger partial charge in [0.1, 0.15) is 8.77 Å². The van der Waals surface area contributed by atoms with Crippen molar-refractivity contribution in [3.8, 4) is 0 Å². The zero-order chi connectivity index (χ0) is 15.3. The summed E-state index contributed by atoms with van der Waals surface area (Å²) in [5.41, 5.74) is 0. The van der Waals surface area contributed by atoms with Gasteiger partial charge < -0.3 is 0 Å². The fraction of sp³-hybridized carbons (Fsp3) is 1.00. The van der Waals surface area contributed by atoms with Crippen LogP contribution < -0.4 is 0 Å². The minimum Gasteiger partial charge on any atom is -0.287 e. The molecule has 0 aliphatic heterocycles. The van der Waals surface area contributed by atoms with Crippen molar-refractivity contribution in [1.29, 1.82) is 0 Å². The Labute approximate surface area is 131 Å². The van der Waals surface area contributed by atoms with E-state index >= 15 is 0 Å². The topological polar surface area (TPSA) is 26.3 Å². The van der Waals surface area contributed by atoms with Crippen LogP contribution in [0.1, 0.15) is 91.4 Å². The van der Waals surface area contributed by atoms with E-state index in [0.29, 0.717) is 5.75 Å². The highest BCUT2D eigenvalue weighted by Gasteiger charge is 2.12. The second-order valence-electron chi connectivity index (χ2n) is 5.79. The van der Waals surface area contributed by atoms with Crippen molar-refractivity contribution >= 4 is 20.0 Å². The van der Waals surface area contributed by atoms with Crippen LogP contribution in [0, 0.1) is 0 Å². The van der Waals surface area contributed by atoms with Crippen LogP contribution in [0.4, 0.5) is 0 Å². The standard InChI is InChI=1S/C16H34O2S2/c1-4-6-8-10-11-13-15-20(17,19)18-16(3)14-12-9-7-5-2/h16H,4-15H2,1-3H3/t16-,20?/m0/s1. The van der Waals surface area contributed by atoms with Gasteiger partial charge in [0.25, 0.3) is 0 Å². The Morgan fingerprint density at radius 1 is 0.900 bits per heavy atom. The molecule has 0 radical (unpaired) electrons. The predicted molar refractivity (Wildman–Crippen MR) is 93.1 cm³/mol. The van der Waals surface area contributed by atoms with Gasteiger partial charge >= 0.3 is 0 Å². The van der Waals surface area contributed by atoms with E-state index in [4.69, 9.17) is 15.4 Å². The fourth-order valence-corrected chi connectivity index (χ4v) is 4.27. The Balaban J connectivity index is 3.66. The number of rotatable bonds is 14. The Kier molecular flexibility index (Phi) is 13.2. The first-order chi connectivity index (χ1) is 9.52. The van der Waals surface area contributed by atoms with E-state index in [0.717, 1.165) is 25.7 Å². The Bertz CT molecular complexity index is 300. The van der Waals surface area contributed by atoms with Crippen molar-refractivity contribution in [3.05, 3.63) is 0 Å². The Morgan fingerprint density at radius 3 is 2.00 bits per heavy atom. The monoisotopic (exact) mass is 322 g/mol. The molecule has 0 aliphatic rings. The van der Waals surface area contributed by atoms with Crippen LogP contribution in [0.2, 0.25) is 0 Å². The summed E-state index contributed by atoms with van der Waals surface area (Å²) in [6.07, 6.45) is 13.0. The third-order valence-electron chi connectivity index (χ3n) is 3.52. The van der Waals surface area contributed by atoms with E-state index in [2.05, 4.69) is 13.8 Å². The molecule has 0 saturated heterocycles. The molecule has 0 saturated carbocycles. The van der Waals surface area contributed by atoms with Crippen molar-refractivity contribution in [2.24, 2.45) is 0 Å². The molecule has 0 heterocycles. The lowest BCUT2D eigenvalue weighted by Gasteiger charge is -2.15. The Hall–Kier alpha value is 0.330. The van der Waals surface area contributed by atoms with E-state index in [9.17, 15) is 4.21 Å². The quantitative estimate of drug-likeness (QED) is 0.401. The van der Waals surface area contributed by atoms with Crippen molar-refractivity contribution in [1.82, 2.24) is 0 Å². The molecule has 0 amide bonds. The molecule has 0 aliphatic carbocycles. The van der Waals surface area contributed by atoms with Crippen LogP contribution in [0.5, 0.6) is 0 Å². The predicted octanol–water partition coefficient (Wildman–Crippen LogP) is 5.38. The summed E-state index contributed by atoms with van der Waals surface area (Å²) in [7, 11) is -2.48. The molecule has 0 N–H and O–H groups in total.